The van der Waals surface area contributed by atoms with Crippen LogP contribution in [-0.4, -0.2) is 25.7 Å². The van der Waals surface area contributed by atoms with Crippen LogP contribution in [0.15, 0.2) is 23.0 Å². The van der Waals surface area contributed by atoms with Crippen molar-refractivity contribution >= 4 is 34.9 Å². The molecule has 1 aromatic carbocycles. The first kappa shape index (κ1) is 20.0. The van der Waals surface area contributed by atoms with Crippen molar-refractivity contribution < 1.29 is 9.18 Å². The summed E-state index contributed by atoms with van der Waals surface area (Å²) in [6.45, 7) is 5.22. The summed E-state index contributed by atoms with van der Waals surface area (Å²) < 4.78 is 14.6. The molecule has 0 aliphatic carbocycles. The number of hydrogen-bond donors (Lipinski definition) is 2. The number of benzene rings is 1. The molecule has 28 heavy (non-hydrogen) atoms. The summed E-state index contributed by atoms with van der Waals surface area (Å²) in [4.78, 5) is 31.9. The highest BCUT2D eigenvalue weighted by Gasteiger charge is 2.20. The van der Waals surface area contributed by atoms with E-state index in [1.807, 2.05) is 6.92 Å². The molecular formula is C18H16Cl2FN5O2. The number of halogens is 3. The lowest BCUT2D eigenvalue weighted by Crippen LogP contribution is -2.22. The smallest absolute Gasteiger partial charge is 0.256 e. The normalized spacial score (nSPS) is 10.9. The van der Waals surface area contributed by atoms with Crippen LogP contribution in [0.5, 0.6) is 0 Å². The van der Waals surface area contributed by atoms with Crippen LogP contribution in [0.3, 0.4) is 0 Å². The van der Waals surface area contributed by atoms with Gasteiger partial charge in [0.15, 0.2) is 5.82 Å². The van der Waals surface area contributed by atoms with Gasteiger partial charge in [-0.3, -0.25) is 14.6 Å². The van der Waals surface area contributed by atoms with Gasteiger partial charge in [-0.25, -0.2) is 9.37 Å². The molecule has 2 heterocycles. The average molecular weight is 424 g/mol. The van der Waals surface area contributed by atoms with Gasteiger partial charge >= 0.3 is 0 Å². The van der Waals surface area contributed by atoms with Gasteiger partial charge in [-0.1, -0.05) is 30.1 Å². The van der Waals surface area contributed by atoms with Gasteiger partial charge in [0.2, 0.25) is 5.95 Å². The monoisotopic (exact) mass is 423 g/mol. The van der Waals surface area contributed by atoms with E-state index in [2.05, 4.69) is 20.4 Å². The summed E-state index contributed by atoms with van der Waals surface area (Å²) in [5.41, 5.74) is 1.37. The Hall–Kier alpha value is -2.71. The highest BCUT2D eigenvalue weighted by Crippen LogP contribution is 2.28. The molecular weight excluding hydrogens is 408 g/mol. The first-order valence-corrected chi connectivity index (χ1v) is 9.10. The Morgan fingerprint density at radius 1 is 1.29 bits per heavy atom. The second-order valence-corrected chi connectivity index (χ2v) is 6.84. The number of nitrogens with one attached hydrogen (secondary N) is 2. The second-order valence-electron chi connectivity index (χ2n) is 6.05. The number of aromatic amines is 1. The molecule has 0 saturated heterocycles. The number of carbonyl (C=O) groups is 1. The van der Waals surface area contributed by atoms with Crippen molar-refractivity contribution in [1.29, 1.82) is 0 Å². The summed E-state index contributed by atoms with van der Waals surface area (Å²) >= 11 is 12.0. The second kappa shape index (κ2) is 7.73. The Morgan fingerprint density at radius 2 is 2.00 bits per heavy atom. The summed E-state index contributed by atoms with van der Waals surface area (Å²) in [5.74, 6) is -0.974. The van der Waals surface area contributed by atoms with E-state index in [0.717, 1.165) is 6.07 Å². The van der Waals surface area contributed by atoms with E-state index < -0.39 is 11.7 Å². The Bertz CT molecular complexity index is 1140. The zero-order chi connectivity index (χ0) is 20.6. The number of aromatic nitrogens is 4. The SMILES string of the molecule is CCc1c(C)nc(-n2nc(C)c(Cl)c2NC(=O)c2ccc(F)c(Cl)c2)[nH]c1=O. The zero-order valence-electron chi connectivity index (χ0n) is 15.2. The van der Waals surface area contributed by atoms with Crippen LogP contribution in [-0.2, 0) is 6.42 Å². The molecule has 0 bridgehead atoms. The number of carbonyl (C=O) groups excluding carboxylic acids is 1. The fourth-order valence-corrected chi connectivity index (χ4v) is 3.04. The minimum absolute atomic E-state index is 0.113. The molecule has 0 spiro atoms. The summed E-state index contributed by atoms with van der Waals surface area (Å²) in [7, 11) is 0. The van der Waals surface area contributed by atoms with E-state index >= 15 is 0 Å². The van der Waals surface area contributed by atoms with Crippen LogP contribution in [0, 0.1) is 19.7 Å². The van der Waals surface area contributed by atoms with Crippen LogP contribution in [0.2, 0.25) is 10.0 Å². The van der Waals surface area contributed by atoms with Gasteiger partial charge in [-0.15, -0.1) is 0 Å². The first-order valence-electron chi connectivity index (χ1n) is 8.34. The third-order valence-electron chi connectivity index (χ3n) is 4.17. The van der Waals surface area contributed by atoms with Crippen molar-refractivity contribution in [2.24, 2.45) is 0 Å². The van der Waals surface area contributed by atoms with Crippen molar-refractivity contribution in [3.8, 4) is 5.95 Å². The molecule has 0 atom stereocenters. The van der Waals surface area contributed by atoms with Crippen LogP contribution >= 0.6 is 23.2 Å². The average Bonchev–Trinajstić information content (AvgIpc) is 2.92. The lowest BCUT2D eigenvalue weighted by Gasteiger charge is -2.10. The van der Waals surface area contributed by atoms with Gasteiger partial charge in [-0.2, -0.15) is 9.78 Å². The molecule has 2 aromatic heterocycles. The predicted octanol–water partition coefficient (Wildman–Crippen LogP) is 3.83. The van der Waals surface area contributed by atoms with Crippen molar-refractivity contribution in [3.63, 3.8) is 0 Å². The molecule has 0 fully saturated rings. The third-order valence-corrected chi connectivity index (χ3v) is 4.91. The number of anilines is 1. The van der Waals surface area contributed by atoms with Crippen molar-refractivity contribution in [3.05, 3.63) is 66.9 Å². The Morgan fingerprint density at radius 3 is 2.61 bits per heavy atom. The predicted molar refractivity (Wildman–Crippen MR) is 105 cm³/mol. The number of rotatable bonds is 4. The molecule has 1 amide bonds. The molecule has 3 aromatic rings. The van der Waals surface area contributed by atoms with Gasteiger partial charge in [0.25, 0.3) is 11.5 Å². The van der Waals surface area contributed by atoms with Crippen molar-refractivity contribution in [2.45, 2.75) is 27.2 Å². The molecule has 0 aliphatic rings. The number of aryl methyl sites for hydroxylation is 2. The highest BCUT2D eigenvalue weighted by atomic mass is 35.5. The minimum atomic E-state index is -0.634. The van der Waals surface area contributed by atoms with E-state index in [0.29, 0.717) is 23.4 Å². The van der Waals surface area contributed by atoms with Gasteiger partial charge in [0.05, 0.1) is 10.7 Å². The third kappa shape index (κ3) is 3.65. The maximum absolute atomic E-state index is 13.3. The lowest BCUT2D eigenvalue weighted by molar-refractivity contribution is 0.102. The summed E-state index contributed by atoms with van der Waals surface area (Å²) in [5, 5.41) is 6.86. The van der Waals surface area contributed by atoms with Crippen molar-refractivity contribution in [2.75, 3.05) is 5.32 Å². The van der Waals surface area contributed by atoms with E-state index in [4.69, 9.17) is 23.2 Å². The van der Waals surface area contributed by atoms with E-state index in [9.17, 15) is 14.0 Å². The fraction of sp³-hybridized carbons (Fsp3) is 0.222. The zero-order valence-corrected chi connectivity index (χ0v) is 16.7. The fourth-order valence-electron chi connectivity index (χ4n) is 2.70. The van der Waals surface area contributed by atoms with Gasteiger partial charge < -0.3 is 5.32 Å². The van der Waals surface area contributed by atoms with E-state index in [1.165, 1.54) is 16.8 Å². The minimum Gasteiger partial charge on any atom is -0.305 e. The molecule has 0 saturated carbocycles. The number of H-pyrrole nitrogens is 1. The number of hydrogen-bond acceptors (Lipinski definition) is 4. The van der Waals surface area contributed by atoms with E-state index in [-0.39, 0.29) is 32.9 Å². The molecule has 0 aliphatic heterocycles. The largest absolute Gasteiger partial charge is 0.305 e. The van der Waals surface area contributed by atoms with Crippen molar-refractivity contribution in [1.82, 2.24) is 19.7 Å². The molecule has 2 N–H and O–H groups in total. The molecule has 3 rings (SSSR count). The quantitative estimate of drug-likeness (QED) is 0.666. The molecule has 0 unspecified atom stereocenters. The standard InChI is InChI=1S/C18H16Cl2FN5O2/c1-4-11-8(2)22-18(24-17(11)28)26-15(14(20)9(3)25-26)23-16(27)10-5-6-13(21)12(19)7-10/h5-7H,4H2,1-3H3,(H,23,27)(H,22,24,28). The number of amides is 1. The highest BCUT2D eigenvalue weighted by molar-refractivity contribution is 6.34. The van der Waals surface area contributed by atoms with Gasteiger partial charge in [-0.05, 0) is 38.5 Å². The Balaban J connectivity index is 2.05. The maximum Gasteiger partial charge on any atom is 0.256 e. The first-order chi connectivity index (χ1) is 13.2. The van der Waals surface area contributed by atoms with Crippen LogP contribution in [0.1, 0.15) is 34.2 Å². The Kier molecular flexibility index (Phi) is 5.53. The lowest BCUT2D eigenvalue weighted by atomic mass is 10.2. The molecule has 146 valence electrons. The maximum atomic E-state index is 13.3. The van der Waals surface area contributed by atoms with Gasteiger partial charge in [0, 0.05) is 16.8 Å². The van der Waals surface area contributed by atoms with E-state index in [1.54, 1.807) is 13.8 Å². The van der Waals surface area contributed by atoms with Crippen LogP contribution < -0.4 is 10.9 Å². The molecule has 0 radical (unpaired) electrons. The molecule has 10 heteroatoms. The van der Waals surface area contributed by atoms with Gasteiger partial charge in [0.1, 0.15) is 10.8 Å². The summed E-state index contributed by atoms with van der Waals surface area (Å²) in [6.07, 6.45) is 0.530. The number of nitrogens with zero attached hydrogens (tertiary/aromatic N) is 3. The van der Waals surface area contributed by atoms with Crippen LogP contribution in [0.4, 0.5) is 10.2 Å². The summed E-state index contributed by atoms with van der Waals surface area (Å²) in [6, 6.07) is 3.58. The topological polar surface area (TPSA) is 92.7 Å². The van der Waals surface area contributed by atoms with Crippen LogP contribution in [0.25, 0.3) is 5.95 Å². The Labute approximate surface area is 169 Å². The molecule has 7 nitrogen and oxygen atoms in total.